The van der Waals surface area contributed by atoms with Gasteiger partial charge in [-0.3, -0.25) is 0 Å². The summed E-state index contributed by atoms with van der Waals surface area (Å²) in [6.07, 6.45) is 13.0. The molecule has 2 aromatic rings. The highest BCUT2D eigenvalue weighted by atomic mass is 32.1. The molecule has 1 aliphatic rings. The van der Waals surface area contributed by atoms with Crippen LogP contribution in [0.15, 0.2) is 24.1 Å². The normalized spacial score (nSPS) is 18.9. The van der Waals surface area contributed by atoms with Crippen molar-refractivity contribution < 1.29 is 0 Å². The first-order chi connectivity index (χ1) is 15.4. The van der Waals surface area contributed by atoms with Crippen LogP contribution in [0.3, 0.4) is 0 Å². The summed E-state index contributed by atoms with van der Waals surface area (Å²) in [7, 11) is 0. The molecule has 0 radical (unpaired) electrons. The highest BCUT2D eigenvalue weighted by molar-refractivity contribution is 7.22. The van der Waals surface area contributed by atoms with Crippen molar-refractivity contribution in [3.05, 3.63) is 40.1 Å². The number of rotatable bonds is 14. The van der Waals surface area contributed by atoms with Crippen LogP contribution < -0.4 is 0 Å². The Balaban J connectivity index is 2.11. The lowest BCUT2D eigenvalue weighted by Gasteiger charge is -2.37. The third-order valence-electron chi connectivity index (χ3n) is 7.75. The minimum Gasteiger partial charge on any atom is -0.305 e. The molecule has 1 nitrogen and oxygen atoms in total. The van der Waals surface area contributed by atoms with E-state index in [2.05, 4.69) is 51.8 Å². The van der Waals surface area contributed by atoms with E-state index in [0.717, 1.165) is 17.4 Å². The molecule has 0 saturated carbocycles. The van der Waals surface area contributed by atoms with Crippen molar-refractivity contribution in [2.24, 2.45) is 11.8 Å². The van der Waals surface area contributed by atoms with E-state index in [4.69, 9.17) is 5.41 Å². The average molecular weight is 470 g/mol. The van der Waals surface area contributed by atoms with Gasteiger partial charge in [-0.15, -0.1) is 22.7 Å². The van der Waals surface area contributed by atoms with Gasteiger partial charge in [-0.1, -0.05) is 85.6 Å². The lowest BCUT2D eigenvalue weighted by atomic mass is 9.65. The molecule has 0 spiro atoms. The maximum Gasteiger partial charge on any atom is 0.0493 e. The van der Waals surface area contributed by atoms with Crippen LogP contribution in [0.4, 0.5) is 0 Å². The molecule has 2 atom stereocenters. The Kier molecular flexibility index (Phi) is 8.97. The van der Waals surface area contributed by atoms with Crippen LogP contribution in [0.5, 0.6) is 0 Å². The van der Waals surface area contributed by atoms with Crippen molar-refractivity contribution in [3.63, 3.8) is 0 Å². The summed E-state index contributed by atoms with van der Waals surface area (Å²) < 4.78 is 0. The molecule has 1 aliphatic carbocycles. The number of hydrogen-bond donors (Lipinski definition) is 1. The third kappa shape index (κ3) is 4.99. The maximum atomic E-state index is 8.15. The van der Waals surface area contributed by atoms with Crippen molar-refractivity contribution >= 4 is 34.0 Å². The van der Waals surface area contributed by atoms with Crippen LogP contribution in [-0.4, -0.2) is 5.71 Å². The lowest BCUT2D eigenvalue weighted by molar-refractivity contribution is 0.266. The number of thiophene rings is 2. The molecule has 0 fully saturated rings. The number of nitrogens with one attached hydrogen (secondary N) is 1. The quantitative estimate of drug-likeness (QED) is 0.266. The van der Waals surface area contributed by atoms with Gasteiger partial charge in [0, 0.05) is 31.3 Å². The average Bonchev–Trinajstić information content (AvgIpc) is 3.49. The summed E-state index contributed by atoms with van der Waals surface area (Å²) in [4.78, 5) is 4.18. The first kappa shape index (κ1) is 25.4. The van der Waals surface area contributed by atoms with Gasteiger partial charge < -0.3 is 5.41 Å². The zero-order valence-corrected chi connectivity index (χ0v) is 22.6. The highest BCUT2D eigenvalue weighted by Gasteiger charge is 2.47. The van der Waals surface area contributed by atoms with E-state index in [0.29, 0.717) is 5.71 Å². The molecule has 176 valence electrons. The van der Waals surface area contributed by atoms with Gasteiger partial charge in [-0.05, 0) is 60.2 Å². The van der Waals surface area contributed by atoms with Crippen molar-refractivity contribution in [3.8, 4) is 9.75 Å². The molecule has 1 N–H and O–H groups in total. The van der Waals surface area contributed by atoms with Crippen molar-refractivity contribution in [2.45, 2.75) is 104 Å². The zero-order valence-electron chi connectivity index (χ0n) is 21.0. The highest BCUT2D eigenvalue weighted by Crippen LogP contribution is 2.60. The van der Waals surface area contributed by atoms with Gasteiger partial charge in [0.25, 0.3) is 0 Å². The molecule has 2 aromatic heterocycles. The van der Waals surface area contributed by atoms with Crippen LogP contribution in [-0.2, 0) is 5.41 Å². The number of unbranched alkanes of at least 4 members (excludes halogenated alkanes) is 2. The Morgan fingerprint density at radius 1 is 0.969 bits per heavy atom. The number of hydrogen-bond acceptors (Lipinski definition) is 3. The van der Waals surface area contributed by atoms with E-state index >= 15 is 0 Å². The third-order valence-corrected chi connectivity index (χ3v) is 10.0. The summed E-state index contributed by atoms with van der Waals surface area (Å²) >= 11 is 3.81. The predicted molar refractivity (Wildman–Crippen MR) is 147 cm³/mol. The van der Waals surface area contributed by atoms with E-state index in [1.165, 1.54) is 78.8 Å². The Bertz CT molecular complexity index is 897. The Labute approximate surface area is 204 Å². The van der Waals surface area contributed by atoms with Crippen molar-refractivity contribution in [1.29, 1.82) is 5.41 Å². The lowest BCUT2D eigenvalue weighted by Crippen LogP contribution is -2.31. The fourth-order valence-corrected chi connectivity index (χ4v) is 8.11. The topological polar surface area (TPSA) is 23.9 Å². The summed E-state index contributed by atoms with van der Waals surface area (Å²) in [6, 6.07) is 4.88. The molecule has 2 heterocycles. The van der Waals surface area contributed by atoms with Crippen LogP contribution in [0, 0.1) is 17.2 Å². The molecule has 0 saturated heterocycles. The summed E-state index contributed by atoms with van der Waals surface area (Å²) in [5.41, 5.74) is 4.79. The summed E-state index contributed by atoms with van der Waals surface area (Å²) in [6.45, 7) is 15.6. The molecule has 3 rings (SSSR count). The van der Waals surface area contributed by atoms with E-state index in [1.807, 2.05) is 29.6 Å². The SMILES string of the molecule is C=C(C(C)=N)c1cc2c(s1)-c1sccc1C2(CC(CC)CCCC)CC(CC)CCCC. The van der Waals surface area contributed by atoms with Crippen LogP contribution >= 0.6 is 22.7 Å². The number of fused-ring (bicyclic) bond motifs is 3. The monoisotopic (exact) mass is 469 g/mol. The smallest absolute Gasteiger partial charge is 0.0493 e. The first-order valence-corrected chi connectivity index (χ1v) is 14.6. The zero-order chi connectivity index (χ0) is 23.3. The molecule has 0 aliphatic heterocycles. The maximum absolute atomic E-state index is 8.15. The second-order valence-corrected chi connectivity index (χ2v) is 11.9. The van der Waals surface area contributed by atoms with Gasteiger partial charge in [0.2, 0.25) is 0 Å². The molecule has 0 amide bonds. The molecular formula is C29H43NS2. The summed E-state index contributed by atoms with van der Waals surface area (Å²) in [5.74, 6) is 1.54. The Hall–Kier alpha value is -1.19. The van der Waals surface area contributed by atoms with Crippen molar-refractivity contribution in [2.75, 3.05) is 0 Å². The molecule has 3 heteroatoms. The van der Waals surface area contributed by atoms with E-state index < -0.39 is 0 Å². The van der Waals surface area contributed by atoms with Gasteiger partial charge in [-0.2, -0.15) is 0 Å². The Morgan fingerprint density at radius 3 is 2.06 bits per heavy atom. The molecule has 32 heavy (non-hydrogen) atoms. The minimum atomic E-state index is 0.137. The van der Waals surface area contributed by atoms with Gasteiger partial charge in [0.15, 0.2) is 0 Å². The fraction of sp³-hybridized carbons (Fsp3) is 0.621. The van der Waals surface area contributed by atoms with Gasteiger partial charge in [0.05, 0.1) is 0 Å². The van der Waals surface area contributed by atoms with Crippen LogP contribution in [0.25, 0.3) is 15.3 Å². The fourth-order valence-electron chi connectivity index (χ4n) is 5.65. The van der Waals surface area contributed by atoms with E-state index in [9.17, 15) is 0 Å². The first-order valence-electron chi connectivity index (χ1n) is 12.9. The van der Waals surface area contributed by atoms with Crippen LogP contribution in [0.2, 0.25) is 0 Å². The van der Waals surface area contributed by atoms with Crippen molar-refractivity contribution in [1.82, 2.24) is 0 Å². The van der Waals surface area contributed by atoms with E-state index in [1.54, 1.807) is 11.1 Å². The van der Waals surface area contributed by atoms with Gasteiger partial charge in [0.1, 0.15) is 0 Å². The van der Waals surface area contributed by atoms with Gasteiger partial charge >= 0.3 is 0 Å². The minimum absolute atomic E-state index is 0.137. The Morgan fingerprint density at radius 2 is 1.56 bits per heavy atom. The largest absolute Gasteiger partial charge is 0.305 e. The second-order valence-electron chi connectivity index (χ2n) is 9.94. The molecule has 0 bridgehead atoms. The van der Waals surface area contributed by atoms with E-state index in [-0.39, 0.29) is 5.41 Å². The second kappa shape index (κ2) is 11.3. The number of allylic oxidation sites excluding steroid dienone is 1. The van der Waals surface area contributed by atoms with Gasteiger partial charge in [-0.25, -0.2) is 0 Å². The molecular weight excluding hydrogens is 426 g/mol. The summed E-state index contributed by atoms with van der Waals surface area (Å²) in [5, 5.41) is 10.5. The van der Waals surface area contributed by atoms with Crippen LogP contribution in [0.1, 0.15) is 115 Å². The molecule has 2 unspecified atom stereocenters. The molecule has 0 aromatic carbocycles. The predicted octanol–water partition coefficient (Wildman–Crippen LogP) is 10.3. The standard InChI is InChI=1S/C29H43NS2/c1-7-11-13-22(9-3)18-29(19-23(10-4)14-12-8-2)24-15-16-31-27(24)28-25(29)17-26(32-28)20(5)21(6)30/h15-17,22-23,30H,5,7-14,18-19H2,1-4,6H3.